The highest BCUT2D eigenvalue weighted by Gasteiger charge is 2.18. The fraction of sp³-hybridized carbons (Fsp3) is 0.409. The van der Waals surface area contributed by atoms with Crippen molar-refractivity contribution in [1.29, 1.82) is 0 Å². The number of carbonyl (C=O) groups is 1. The molecule has 0 aromatic heterocycles. The van der Waals surface area contributed by atoms with Gasteiger partial charge in [0.25, 0.3) is 0 Å². The van der Waals surface area contributed by atoms with E-state index in [1.165, 1.54) is 23.4 Å². The lowest BCUT2D eigenvalue weighted by Gasteiger charge is -2.29. The molecule has 0 spiro atoms. The van der Waals surface area contributed by atoms with Gasteiger partial charge in [-0.25, -0.2) is 4.39 Å². The molecule has 1 aliphatic heterocycles. The first-order valence-electron chi connectivity index (χ1n) is 9.13. The summed E-state index contributed by atoms with van der Waals surface area (Å²) in [5.74, 6) is -1.65. The van der Waals surface area contributed by atoms with Crippen LogP contribution in [0.15, 0.2) is 47.8 Å². The molecule has 1 aromatic rings. The van der Waals surface area contributed by atoms with Crippen LogP contribution in [0.4, 0.5) is 10.1 Å². The van der Waals surface area contributed by atoms with Gasteiger partial charge in [-0.2, -0.15) is 0 Å². The molecule has 0 radical (unpaired) electrons. The van der Waals surface area contributed by atoms with Gasteiger partial charge in [0.1, 0.15) is 5.83 Å². The Morgan fingerprint density at radius 1 is 1.23 bits per heavy atom. The van der Waals surface area contributed by atoms with E-state index in [0.717, 1.165) is 37.4 Å². The first-order valence-corrected chi connectivity index (χ1v) is 9.13. The number of carboxylic acid groups (broad SMARTS) is 1. The van der Waals surface area contributed by atoms with Gasteiger partial charge in [-0.1, -0.05) is 12.1 Å². The monoisotopic (exact) mass is 356 g/mol. The van der Waals surface area contributed by atoms with E-state index in [-0.39, 0.29) is 5.83 Å². The third kappa shape index (κ3) is 5.07. The van der Waals surface area contributed by atoms with Crippen molar-refractivity contribution in [1.82, 2.24) is 0 Å². The predicted molar refractivity (Wildman–Crippen MR) is 103 cm³/mol. The summed E-state index contributed by atoms with van der Waals surface area (Å²) in [6.45, 7) is 8.79. The number of carboxylic acids is 1. The van der Waals surface area contributed by atoms with Crippen molar-refractivity contribution in [3.63, 3.8) is 0 Å². The van der Waals surface area contributed by atoms with Crippen molar-refractivity contribution < 1.29 is 14.3 Å². The molecule has 2 rings (SSSR count). The third-order valence-corrected chi connectivity index (χ3v) is 4.74. The summed E-state index contributed by atoms with van der Waals surface area (Å²) in [4.78, 5) is 12.9. The Morgan fingerprint density at radius 2 is 1.96 bits per heavy atom. The van der Waals surface area contributed by atoms with Crippen molar-refractivity contribution in [3.05, 3.63) is 59.0 Å². The molecule has 0 aliphatic carbocycles. The minimum Gasteiger partial charge on any atom is -0.545 e. The number of anilines is 1. The number of nitrogens with zero attached hydrogens (tertiary/aromatic N) is 1. The van der Waals surface area contributed by atoms with E-state index >= 15 is 0 Å². The first-order chi connectivity index (χ1) is 12.3. The third-order valence-electron chi connectivity index (χ3n) is 4.74. The molecule has 0 atom stereocenters. The highest BCUT2D eigenvalue weighted by Crippen LogP contribution is 2.31. The maximum atomic E-state index is 14.5. The Bertz CT molecular complexity index is 759. The van der Waals surface area contributed by atoms with Crippen LogP contribution in [0.1, 0.15) is 51.7 Å². The second-order valence-corrected chi connectivity index (χ2v) is 7.10. The molecule has 0 saturated carbocycles. The molecular formula is C22H27FNO2-. The SMILES string of the molecule is CC(/C=C/C(F)=C(/C)c1ccc2c(c1)CCCCN2C(C)C)=C\C(=O)[O-]. The molecule has 26 heavy (non-hydrogen) atoms. The maximum absolute atomic E-state index is 14.5. The van der Waals surface area contributed by atoms with Crippen LogP contribution in [-0.4, -0.2) is 18.6 Å². The van der Waals surface area contributed by atoms with Crippen molar-refractivity contribution in [2.75, 3.05) is 11.4 Å². The zero-order valence-electron chi connectivity index (χ0n) is 16.0. The molecule has 0 bridgehead atoms. The highest BCUT2D eigenvalue weighted by molar-refractivity contribution is 5.79. The van der Waals surface area contributed by atoms with Gasteiger partial charge in [-0.15, -0.1) is 0 Å². The van der Waals surface area contributed by atoms with E-state index in [4.69, 9.17) is 0 Å². The van der Waals surface area contributed by atoms with Gasteiger partial charge in [0.2, 0.25) is 0 Å². The van der Waals surface area contributed by atoms with E-state index in [1.54, 1.807) is 13.8 Å². The number of allylic oxidation sites excluding steroid dienone is 5. The van der Waals surface area contributed by atoms with Crippen LogP contribution in [-0.2, 0) is 11.2 Å². The highest BCUT2D eigenvalue weighted by atomic mass is 19.1. The number of benzene rings is 1. The number of hydrogen-bond acceptors (Lipinski definition) is 3. The molecule has 1 aromatic carbocycles. The van der Waals surface area contributed by atoms with Crippen LogP contribution in [0.3, 0.4) is 0 Å². The Kier molecular flexibility index (Phi) is 6.78. The Balaban J connectivity index is 2.32. The van der Waals surface area contributed by atoms with Crippen molar-refractivity contribution in [3.8, 4) is 0 Å². The van der Waals surface area contributed by atoms with Gasteiger partial charge in [0.05, 0.1) is 5.97 Å². The number of halogens is 1. The second-order valence-electron chi connectivity index (χ2n) is 7.10. The van der Waals surface area contributed by atoms with Crippen LogP contribution in [0.25, 0.3) is 5.57 Å². The maximum Gasteiger partial charge on any atom is 0.126 e. The molecule has 0 amide bonds. The zero-order chi connectivity index (χ0) is 19.3. The molecule has 4 heteroatoms. The second kappa shape index (κ2) is 8.84. The Hall–Kier alpha value is -2.36. The largest absolute Gasteiger partial charge is 0.545 e. The number of aliphatic carboxylic acids is 1. The lowest BCUT2D eigenvalue weighted by atomic mass is 9.99. The Morgan fingerprint density at radius 3 is 2.62 bits per heavy atom. The van der Waals surface area contributed by atoms with E-state index in [0.29, 0.717) is 17.2 Å². The summed E-state index contributed by atoms with van der Waals surface area (Å²) in [7, 11) is 0. The molecular weight excluding hydrogens is 329 g/mol. The summed E-state index contributed by atoms with van der Waals surface area (Å²) in [6.07, 6.45) is 7.00. The van der Waals surface area contributed by atoms with Gasteiger partial charge >= 0.3 is 0 Å². The number of carbonyl (C=O) groups excluding carboxylic acids is 1. The molecule has 3 nitrogen and oxygen atoms in total. The van der Waals surface area contributed by atoms with Gasteiger partial charge in [-0.05, 0) is 93.5 Å². The van der Waals surface area contributed by atoms with E-state index in [2.05, 4.69) is 30.9 Å². The average Bonchev–Trinajstić information content (AvgIpc) is 2.80. The topological polar surface area (TPSA) is 43.4 Å². The standard InChI is InChI=1S/C22H28FNO2/c1-15(2)24-12-6-5-7-19-14-18(9-11-21(19)24)17(4)20(23)10-8-16(3)13-22(25)26/h8-11,13-15H,5-7,12H2,1-4H3,(H,25,26)/p-1/b10-8+,16-13+,20-17+. The van der Waals surface area contributed by atoms with Crippen LogP contribution in [0, 0.1) is 0 Å². The quantitative estimate of drug-likeness (QED) is 0.587. The minimum absolute atomic E-state index is 0.370. The Labute approximate surface area is 155 Å². The zero-order valence-corrected chi connectivity index (χ0v) is 16.0. The van der Waals surface area contributed by atoms with E-state index < -0.39 is 5.97 Å². The minimum atomic E-state index is -1.28. The molecule has 0 unspecified atom stereocenters. The number of aryl methyl sites for hydroxylation is 1. The fourth-order valence-corrected chi connectivity index (χ4v) is 3.26. The van der Waals surface area contributed by atoms with Crippen molar-refractivity contribution in [2.45, 2.75) is 53.0 Å². The summed E-state index contributed by atoms with van der Waals surface area (Å²) >= 11 is 0. The van der Waals surface area contributed by atoms with Crippen LogP contribution in [0.2, 0.25) is 0 Å². The van der Waals surface area contributed by atoms with Gasteiger partial charge in [0, 0.05) is 18.3 Å². The lowest BCUT2D eigenvalue weighted by Crippen LogP contribution is -2.31. The molecule has 1 heterocycles. The fourth-order valence-electron chi connectivity index (χ4n) is 3.26. The predicted octanol–water partition coefficient (Wildman–Crippen LogP) is 4.19. The molecule has 0 saturated heterocycles. The van der Waals surface area contributed by atoms with Crippen LogP contribution in [0.5, 0.6) is 0 Å². The normalized spacial score (nSPS) is 16.5. The summed E-state index contributed by atoms with van der Waals surface area (Å²) < 4.78 is 14.5. The van der Waals surface area contributed by atoms with Crippen LogP contribution >= 0.6 is 0 Å². The number of fused-ring (bicyclic) bond motifs is 1. The smallest absolute Gasteiger partial charge is 0.126 e. The van der Waals surface area contributed by atoms with Crippen LogP contribution < -0.4 is 10.0 Å². The van der Waals surface area contributed by atoms with Gasteiger partial charge in [-0.3, -0.25) is 0 Å². The lowest BCUT2D eigenvalue weighted by molar-refractivity contribution is -0.297. The summed E-state index contributed by atoms with van der Waals surface area (Å²) in [5, 5.41) is 10.5. The summed E-state index contributed by atoms with van der Waals surface area (Å²) in [5.41, 5.74) is 4.35. The molecule has 140 valence electrons. The van der Waals surface area contributed by atoms with Gasteiger partial charge < -0.3 is 14.8 Å². The molecule has 1 aliphatic rings. The van der Waals surface area contributed by atoms with Crippen molar-refractivity contribution in [2.24, 2.45) is 0 Å². The van der Waals surface area contributed by atoms with Crippen molar-refractivity contribution >= 4 is 17.2 Å². The molecule has 0 N–H and O–H groups in total. The number of hydrogen-bond donors (Lipinski definition) is 0. The van der Waals surface area contributed by atoms with E-state index in [9.17, 15) is 14.3 Å². The van der Waals surface area contributed by atoms with Gasteiger partial charge in [0.15, 0.2) is 0 Å². The number of rotatable bonds is 5. The molecule has 0 fully saturated rings. The van der Waals surface area contributed by atoms with E-state index in [1.807, 2.05) is 6.07 Å². The average molecular weight is 356 g/mol. The summed E-state index contributed by atoms with van der Waals surface area (Å²) in [6, 6.07) is 6.58. The first kappa shape index (κ1) is 20.0.